The van der Waals surface area contributed by atoms with Gasteiger partial charge in [0.15, 0.2) is 5.13 Å². The van der Waals surface area contributed by atoms with Crippen LogP contribution in [0.1, 0.15) is 6.92 Å². The molecular formula is C18H14N4OS3. The first-order valence-corrected chi connectivity index (χ1v) is 10.5. The maximum Gasteiger partial charge on any atom is 0.239 e. The van der Waals surface area contributed by atoms with Crippen LogP contribution in [0.15, 0.2) is 58.5 Å². The Morgan fingerprint density at radius 3 is 2.85 bits per heavy atom. The number of carbonyl (C=O) groups excluding carboxylic acids is 1. The van der Waals surface area contributed by atoms with Crippen molar-refractivity contribution in [3.63, 3.8) is 0 Å². The molecular weight excluding hydrogens is 384 g/mol. The summed E-state index contributed by atoms with van der Waals surface area (Å²) in [5.41, 5.74) is 2.81. The number of aromatic nitrogens is 3. The Morgan fingerprint density at radius 2 is 2.00 bits per heavy atom. The maximum absolute atomic E-state index is 12.5. The number of rotatable bonds is 5. The fourth-order valence-electron chi connectivity index (χ4n) is 2.35. The van der Waals surface area contributed by atoms with Gasteiger partial charge < -0.3 is 5.32 Å². The van der Waals surface area contributed by atoms with Crippen LogP contribution in [-0.4, -0.2) is 26.1 Å². The number of anilines is 1. The third kappa shape index (κ3) is 3.62. The highest BCUT2D eigenvalue weighted by molar-refractivity contribution is 8.00. The van der Waals surface area contributed by atoms with Gasteiger partial charge in [0.2, 0.25) is 5.91 Å². The van der Waals surface area contributed by atoms with Gasteiger partial charge in [0.25, 0.3) is 0 Å². The minimum absolute atomic E-state index is 0.0905. The molecule has 0 radical (unpaired) electrons. The molecule has 1 atom stereocenters. The molecule has 0 saturated carbocycles. The molecule has 0 aliphatic heterocycles. The summed E-state index contributed by atoms with van der Waals surface area (Å²) in [7, 11) is 0. The zero-order valence-corrected chi connectivity index (χ0v) is 16.2. The Morgan fingerprint density at radius 1 is 1.15 bits per heavy atom. The van der Waals surface area contributed by atoms with E-state index in [0.29, 0.717) is 5.13 Å². The lowest BCUT2D eigenvalue weighted by atomic mass is 10.2. The van der Waals surface area contributed by atoms with E-state index in [9.17, 15) is 4.79 Å². The SMILES string of the molecule is CC(Sc1ncnc2ccsc12)C(=O)Nc1nc(-c2ccccc2)cs1. The number of thiophene rings is 1. The zero-order chi connectivity index (χ0) is 17.9. The Labute approximate surface area is 162 Å². The monoisotopic (exact) mass is 398 g/mol. The second-order valence-corrected chi connectivity index (χ2v) is 8.57. The van der Waals surface area contributed by atoms with Crippen molar-refractivity contribution >= 4 is 55.7 Å². The number of hydrogen-bond donors (Lipinski definition) is 1. The molecule has 26 heavy (non-hydrogen) atoms. The summed E-state index contributed by atoms with van der Waals surface area (Å²) in [5, 5.41) is 7.97. The lowest BCUT2D eigenvalue weighted by Crippen LogP contribution is -2.22. The summed E-state index contributed by atoms with van der Waals surface area (Å²) >= 11 is 4.44. The van der Waals surface area contributed by atoms with Gasteiger partial charge in [0, 0.05) is 10.9 Å². The number of thioether (sulfide) groups is 1. The molecule has 130 valence electrons. The van der Waals surface area contributed by atoms with Crippen LogP contribution in [0.25, 0.3) is 21.5 Å². The van der Waals surface area contributed by atoms with Gasteiger partial charge >= 0.3 is 0 Å². The molecule has 0 saturated heterocycles. The maximum atomic E-state index is 12.5. The molecule has 0 aliphatic carbocycles. The van der Waals surface area contributed by atoms with Crippen LogP contribution < -0.4 is 5.32 Å². The standard InChI is InChI=1S/C18H14N4OS3/c1-11(26-17-15-13(7-8-24-15)19-10-20-17)16(23)22-18-21-14(9-25-18)12-5-3-2-4-6-12/h2-11H,1H3,(H,21,22,23). The molecule has 4 aromatic rings. The highest BCUT2D eigenvalue weighted by atomic mass is 32.2. The molecule has 5 nitrogen and oxygen atoms in total. The van der Waals surface area contributed by atoms with Crippen LogP contribution in [0.3, 0.4) is 0 Å². The van der Waals surface area contributed by atoms with Crippen molar-refractivity contribution in [1.82, 2.24) is 15.0 Å². The van der Waals surface area contributed by atoms with Gasteiger partial charge in [-0.15, -0.1) is 22.7 Å². The fraction of sp³-hybridized carbons (Fsp3) is 0.111. The summed E-state index contributed by atoms with van der Waals surface area (Å²) in [4.78, 5) is 25.6. The number of thiazole rings is 1. The predicted octanol–water partition coefficient (Wildman–Crippen LogP) is 4.93. The lowest BCUT2D eigenvalue weighted by Gasteiger charge is -2.10. The number of benzene rings is 1. The first-order valence-electron chi connectivity index (χ1n) is 7.87. The van der Waals surface area contributed by atoms with Crippen molar-refractivity contribution < 1.29 is 4.79 Å². The summed E-state index contributed by atoms with van der Waals surface area (Å²) in [6.45, 7) is 1.87. The summed E-state index contributed by atoms with van der Waals surface area (Å²) < 4.78 is 1.01. The molecule has 0 aliphatic rings. The van der Waals surface area contributed by atoms with Gasteiger partial charge in [-0.25, -0.2) is 15.0 Å². The number of carbonyl (C=O) groups is 1. The first-order chi connectivity index (χ1) is 12.7. The topological polar surface area (TPSA) is 67.8 Å². The summed E-state index contributed by atoms with van der Waals surface area (Å²) in [6.07, 6.45) is 1.54. The van der Waals surface area contributed by atoms with Crippen molar-refractivity contribution in [2.45, 2.75) is 17.2 Å². The molecule has 1 N–H and O–H groups in total. The van der Waals surface area contributed by atoms with Crippen molar-refractivity contribution in [3.05, 3.63) is 53.5 Å². The van der Waals surface area contributed by atoms with E-state index in [1.807, 2.05) is 54.1 Å². The molecule has 1 unspecified atom stereocenters. The van der Waals surface area contributed by atoms with Crippen LogP contribution in [0.5, 0.6) is 0 Å². The van der Waals surface area contributed by atoms with Crippen LogP contribution in [0.4, 0.5) is 5.13 Å². The van der Waals surface area contributed by atoms with Gasteiger partial charge in [0.1, 0.15) is 11.4 Å². The third-order valence-corrected chi connectivity index (χ3v) is 6.57. The second kappa shape index (κ2) is 7.53. The van der Waals surface area contributed by atoms with E-state index in [-0.39, 0.29) is 11.2 Å². The van der Waals surface area contributed by atoms with Crippen molar-refractivity contribution in [2.24, 2.45) is 0 Å². The third-order valence-electron chi connectivity index (χ3n) is 3.67. The molecule has 1 aromatic carbocycles. The number of nitrogens with one attached hydrogen (secondary N) is 1. The van der Waals surface area contributed by atoms with E-state index in [1.54, 1.807) is 11.3 Å². The number of nitrogens with zero attached hydrogens (tertiary/aromatic N) is 3. The van der Waals surface area contributed by atoms with Gasteiger partial charge in [-0.2, -0.15) is 0 Å². The highest BCUT2D eigenvalue weighted by Crippen LogP contribution is 2.32. The minimum Gasteiger partial charge on any atom is -0.301 e. The van der Waals surface area contributed by atoms with Gasteiger partial charge in [0.05, 0.1) is 21.2 Å². The Kier molecular flexibility index (Phi) is 4.96. The lowest BCUT2D eigenvalue weighted by molar-refractivity contribution is -0.115. The van der Waals surface area contributed by atoms with Crippen LogP contribution >= 0.6 is 34.4 Å². The largest absolute Gasteiger partial charge is 0.301 e. The minimum atomic E-state index is -0.292. The second-order valence-electron chi connectivity index (χ2n) is 5.47. The zero-order valence-electron chi connectivity index (χ0n) is 13.7. The smallest absolute Gasteiger partial charge is 0.239 e. The van der Waals surface area contributed by atoms with Crippen LogP contribution in [-0.2, 0) is 4.79 Å². The van der Waals surface area contributed by atoms with Gasteiger partial charge in [-0.1, -0.05) is 42.1 Å². The van der Waals surface area contributed by atoms with E-state index < -0.39 is 0 Å². The van der Waals surface area contributed by atoms with E-state index in [4.69, 9.17) is 0 Å². The molecule has 8 heteroatoms. The molecule has 4 rings (SSSR count). The van der Waals surface area contributed by atoms with Crippen molar-refractivity contribution in [2.75, 3.05) is 5.32 Å². The average Bonchev–Trinajstić information content (AvgIpc) is 3.32. The quantitative estimate of drug-likeness (QED) is 0.381. The molecule has 0 fully saturated rings. The van der Waals surface area contributed by atoms with Crippen LogP contribution in [0.2, 0.25) is 0 Å². The Balaban J connectivity index is 1.45. The van der Waals surface area contributed by atoms with E-state index in [1.165, 1.54) is 29.4 Å². The summed E-state index contributed by atoms with van der Waals surface area (Å²) in [5.74, 6) is -0.0905. The van der Waals surface area contributed by atoms with E-state index in [2.05, 4.69) is 20.3 Å². The molecule has 3 aromatic heterocycles. The van der Waals surface area contributed by atoms with Crippen molar-refractivity contribution in [1.29, 1.82) is 0 Å². The van der Waals surface area contributed by atoms with Crippen molar-refractivity contribution in [3.8, 4) is 11.3 Å². The number of amides is 1. The summed E-state index contributed by atoms with van der Waals surface area (Å²) in [6, 6.07) is 11.9. The predicted molar refractivity (Wildman–Crippen MR) is 109 cm³/mol. The fourth-order valence-corrected chi connectivity index (χ4v) is 4.91. The Bertz CT molecular complexity index is 1040. The van der Waals surface area contributed by atoms with E-state index in [0.717, 1.165) is 26.5 Å². The molecule has 0 spiro atoms. The van der Waals surface area contributed by atoms with Crippen LogP contribution in [0, 0.1) is 0 Å². The van der Waals surface area contributed by atoms with E-state index >= 15 is 0 Å². The number of fused-ring (bicyclic) bond motifs is 1. The molecule has 1 amide bonds. The van der Waals surface area contributed by atoms with Gasteiger partial charge in [-0.3, -0.25) is 4.79 Å². The first kappa shape index (κ1) is 17.1. The number of hydrogen-bond acceptors (Lipinski definition) is 7. The Hall–Kier alpha value is -2.29. The van der Waals surface area contributed by atoms with Gasteiger partial charge in [-0.05, 0) is 18.4 Å². The normalized spacial score (nSPS) is 12.2. The molecule has 3 heterocycles. The average molecular weight is 399 g/mol. The highest BCUT2D eigenvalue weighted by Gasteiger charge is 2.19. The molecule has 0 bridgehead atoms.